The van der Waals surface area contributed by atoms with E-state index < -0.39 is 18.1 Å². The van der Waals surface area contributed by atoms with Crippen LogP contribution >= 0.6 is 0 Å². The third-order valence-corrected chi connectivity index (χ3v) is 5.09. The van der Waals surface area contributed by atoms with Crippen LogP contribution in [0.5, 0.6) is 0 Å². The first kappa shape index (κ1) is 20.0. The van der Waals surface area contributed by atoms with Gasteiger partial charge in [0, 0.05) is 32.2 Å². The lowest BCUT2D eigenvalue weighted by Gasteiger charge is -2.25. The Kier molecular flexibility index (Phi) is 6.41. The minimum absolute atomic E-state index is 0.0333. The second kappa shape index (κ2) is 8.97. The van der Waals surface area contributed by atoms with Gasteiger partial charge in [-0.3, -0.25) is 9.59 Å². The Morgan fingerprint density at radius 3 is 2.57 bits per heavy atom. The second-order valence-corrected chi connectivity index (χ2v) is 7.14. The number of carbonyl (C=O) groups excluding carboxylic acids is 2. The van der Waals surface area contributed by atoms with Gasteiger partial charge in [0.2, 0.25) is 11.8 Å². The maximum atomic E-state index is 14.1. The van der Waals surface area contributed by atoms with Crippen LogP contribution in [0.25, 0.3) is 0 Å². The van der Waals surface area contributed by atoms with E-state index >= 15 is 0 Å². The number of hydrogen-bond acceptors (Lipinski definition) is 3. The van der Waals surface area contributed by atoms with Crippen LogP contribution in [0.4, 0.5) is 4.39 Å². The SMILES string of the molecule is CO[C@H](c1ccccc1F)[C@@H](C)NC(=O)[C@@H]1CC(=O)N(Cc2ccccc2)C1. The number of halogens is 1. The summed E-state index contributed by atoms with van der Waals surface area (Å²) in [5.41, 5.74) is 1.43. The van der Waals surface area contributed by atoms with E-state index in [9.17, 15) is 14.0 Å². The number of amides is 2. The maximum Gasteiger partial charge on any atom is 0.225 e. The molecule has 1 saturated heterocycles. The number of ether oxygens (including phenoxy) is 1. The van der Waals surface area contributed by atoms with E-state index in [0.717, 1.165) is 5.56 Å². The van der Waals surface area contributed by atoms with Gasteiger partial charge < -0.3 is 15.0 Å². The number of benzene rings is 2. The Balaban J connectivity index is 1.61. The van der Waals surface area contributed by atoms with E-state index in [1.165, 1.54) is 13.2 Å². The van der Waals surface area contributed by atoms with Gasteiger partial charge in [0.15, 0.2) is 0 Å². The summed E-state index contributed by atoms with van der Waals surface area (Å²) >= 11 is 0. The molecule has 5 nitrogen and oxygen atoms in total. The minimum Gasteiger partial charge on any atom is -0.375 e. The topological polar surface area (TPSA) is 58.6 Å². The molecule has 3 rings (SSSR count). The zero-order valence-corrected chi connectivity index (χ0v) is 16.1. The highest BCUT2D eigenvalue weighted by molar-refractivity contribution is 5.89. The van der Waals surface area contributed by atoms with Crippen molar-refractivity contribution < 1.29 is 18.7 Å². The van der Waals surface area contributed by atoms with Gasteiger partial charge >= 0.3 is 0 Å². The smallest absolute Gasteiger partial charge is 0.225 e. The zero-order chi connectivity index (χ0) is 20.1. The van der Waals surface area contributed by atoms with E-state index in [1.807, 2.05) is 30.3 Å². The number of rotatable bonds is 7. The fraction of sp³-hybridized carbons (Fsp3) is 0.364. The Bertz CT molecular complexity index is 828. The highest BCUT2D eigenvalue weighted by Gasteiger charge is 2.35. The summed E-state index contributed by atoms with van der Waals surface area (Å²) in [6.45, 7) is 2.65. The summed E-state index contributed by atoms with van der Waals surface area (Å²) in [5, 5.41) is 2.89. The van der Waals surface area contributed by atoms with E-state index in [-0.39, 0.29) is 24.1 Å². The highest BCUT2D eigenvalue weighted by atomic mass is 19.1. The molecular formula is C22H25FN2O3. The van der Waals surface area contributed by atoms with Crippen LogP contribution in [-0.2, 0) is 20.9 Å². The summed E-state index contributed by atoms with van der Waals surface area (Å²) in [7, 11) is 1.49. The maximum absolute atomic E-state index is 14.1. The molecule has 148 valence electrons. The number of methoxy groups -OCH3 is 1. The molecule has 1 N–H and O–H groups in total. The average Bonchev–Trinajstić information content (AvgIpc) is 3.05. The molecule has 0 spiro atoms. The summed E-state index contributed by atoms with van der Waals surface area (Å²) in [4.78, 5) is 26.7. The highest BCUT2D eigenvalue weighted by Crippen LogP contribution is 2.25. The number of carbonyl (C=O) groups is 2. The third kappa shape index (κ3) is 4.57. The zero-order valence-electron chi connectivity index (χ0n) is 16.1. The van der Waals surface area contributed by atoms with Crippen LogP contribution in [-0.4, -0.2) is 36.4 Å². The monoisotopic (exact) mass is 384 g/mol. The first-order valence-electron chi connectivity index (χ1n) is 9.39. The molecule has 0 unspecified atom stereocenters. The molecule has 2 aromatic rings. The van der Waals surface area contributed by atoms with Crippen molar-refractivity contribution in [3.05, 3.63) is 71.5 Å². The molecule has 1 heterocycles. The van der Waals surface area contributed by atoms with E-state index in [2.05, 4.69) is 5.32 Å². The van der Waals surface area contributed by atoms with Gasteiger partial charge in [-0.25, -0.2) is 4.39 Å². The molecular weight excluding hydrogens is 359 g/mol. The standard InChI is InChI=1S/C22H25FN2O3/c1-15(21(28-2)18-10-6-7-11-19(18)23)24-22(27)17-12-20(26)25(14-17)13-16-8-4-3-5-9-16/h3-11,15,17,21H,12-14H2,1-2H3,(H,24,27)/t15-,17-,21+/m1/s1. The molecule has 0 aliphatic carbocycles. The first-order valence-corrected chi connectivity index (χ1v) is 9.39. The van der Waals surface area contributed by atoms with Crippen molar-refractivity contribution in [3.8, 4) is 0 Å². The summed E-state index contributed by atoms with van der Waals surface area (Å²) in [6.07, 6.45) is -0.425. The van der Waals surface area contributed by atoms with Crippen molar-refractivity contribution in [2.45, 2.75) is 32.0 Å². The van der Waals surface area contributed by atoms with Crippen LogP contribution in [0.2, 0.25) is 0 Å². The molecule has 1 aliphatic rings. The number of hydrogen-bond donors (Lipinski definition) is 1. The summed E-state index contributed by atoms with van der Waals surface area (Å²) < 4.78 is 19.5. The van der Waals surface area contributed by atoms with Gasteiger partial charge in [-0.05, 0) is 18.6 Å². The van der Waals surface area contributed by atoms with Gasteiger partial charge in [0.25, 0.3) is 0 Å². The molecule has 0 bridgehead atoms. The van der Waals surface area contributed by atoms with Crippen LogP contribution in [0.1, 0.15) is 30.6 Å². The first-order chi connectivity index (χ1) is 13.5. The van der Waals surface area contributed by atoms with Crippen molar-refractivity contribution in [1.82, 2.24) is 10.2 Å². The van der Waals surface area contributed by atoms with Gasteiger partial charge in [-0.1, -0.05) is 48.5 Å². The Labute approximate surface area is 164 Å². The molecule has 1 aliphatic heterocycles. The second-order valence-electron chi connectivity index (χ2n) is 7.14. The molecule has 6 heteroatoms. The largest absolute Gasteiger partial charge is 0.375 e. The van der Waals surface area contributed by atoms with Crippen molar-refractivity contribution in [3.63, 3.8) is 0 Å². The molecule has 0 radical (unpaired) electrons. The molecule has 2 amide bonds. The van der Waals surface area contributed by atoms with E-state index in [0.29, 0.717) is 18.7 Å². The molecule has 28 heavy (non-hydrogen) atoms. The third-order valence-electron chi connectivity index (χ3n) is 5.09. The van der Waals surface area contributed by atoms with Crippen LogP contribution < -0.4 is 5.32 Å². The average molecular weight is 384 g/mol. The van der Waals surface area contributed by atoms with E-state index in [1.54, 1.807) is 30.0 Å². The van der Waals surface area contributed by atoms with Crippen molar-refractivity contribution in [2.24, 2.45) is 5.92 Å². The molecule has 0 saturated carbocycles. The molecule has 2 aromatic carbocycles. The summed E-state index contributed by atoms with van der Waals surface area (Å²) in [5.74, 6) is -1.04. The lowest BCUT2D eigenvalue weighted by atomic mass is 10.0. The van der Waals surface area contributed by atoms with Crippen molar-refractivity contribution in [1.29, 1.82) is 0 Å². The van der Waals surface area contributed by atoms with Crippen molar-refractivity contribution >= 4 is 11.8 Å². The van der Waals surface area contributed by atoms with Crippen LogP contribution in [0.3, 0.4) is 0 Å². The van der Waals surface area contributed by atoms with Crippen LogP contribution in [0.15, 0.2) is 54.6 Å². The van der Waals surface area contributed by atoms with Gasteiger partial charge in [-0.2, -0.15) is 0 Å². The Morgan fingerprint density at radius 2 is 1.89 bits per heavy atom. The molecule has 0 aromatic heterocycles. The fourth-order valence-corrected chi connectivity index (χ4v) is 3.63. The fourth-order valence-electron chi connectivity index (χ4n) is 3.63. The molecule has 3 atom stereocenters. The lowest BCUT2D eigenvalue weighted by Crippen LogP contribution is -2.42. The number of nitrogens with one attached hydrogen (secondary N) is 1. The minimum atomic E-state index is -0.609. The predicted molar refractivity (Wildman–Crippen MR) is 104 cm³/mol. The number of nitrogens with zero attached hydrogens (tertiary/aromatic N) is 1. The van der Waals surface area contributed by atoms with Crippen LogP contribution in [0, 0.1) is 11.7 Å². The van der Waals surface area contributed by atoms with E-state index in [4.69, 9.17) is 4.74 Å². The van der Waals surface area contributed by atoms with Crippen molar-refractivity contribution in [2.75, 3.05) is 13.7 Å². The Hall–Kier alpha value is -2.73. The predicted octanol–water partition coefficient (Wildman–Crippen LogP) is 3.07. The van der Waals surface area contributed by atoms with Gasteiger partial charge in [0.05, 0.1) is 12.0 Å². The number of likely N-dealkylation sites (tertiary alicyclic amines) is 1. The normalized spacial score (nSPS) is 18.8. The molecule has 1 fully saturated rings. The van der Waals surface area contributed by atoms with Gasteiger partial charge in [0.1, 0.15) is 11.9 Å². The quantitative estimate of drug-likeness (QED) is 0.798. The summed E-state index contributed by atoms with van der Waals surface area (Å²) in [6, 6.07) is 15.6. The Morgan fingerprint density at radius 1 is 1.21 bits per heavy atom. The van der Waals surface area contributed by atoms with Gasteiger partial charge in [-0.15, -0.1) is 0 Å². The lowest BCUT2D eigenvalue weighted by molar-refractivity contribution is -0.129.